The molecule has 1 aliphatic carbocycles. The van der Waals surface area contributed by atoms with Crippen molar-refractivity contribution in [3.8, 4) is 0 Å². The van der Waals surface area contributed by atoms with Gasteiger partial charge in [0.15, 0.2) is 0 Å². The number of rotatable bonds is 3. The van der Waals surface area contributed by atoms with Crippen molar-refractivity contribution in [1.82, 2.24) is 0 Å². The molecule has 1 aromatic carbocycles. The van der Waals surface area contributed by atoms with Gasteiger partial charge in [-0.1, -0.05) is 18.9 Å². The first-order valence-electron chi connectivity index (χ1n) is 6.47. The van der Waals surface area contributed by atoms with Gasteiger partial charge in [-0.05, 0) is 31.0 Å². The van der Waals surface area contributed by atoms with Gasteiger partial charge in [0.2, 0.25) is 5.91 Å². The van der Waals surface area contributed by atoms with Crippen molar-refractivity contribution < 1.29 is 9.90 Å². The molecule has 1 saturated carbocycles. The van der Waals surface area contributed by atoms with Gasteiger partial charge in [-0.15, -0.1) is 0 Å². The Morgan fingerprint density at radius 2 is 2.00 bits per heavy atom. The summed E-state index contributed by atoms with van der Waals surface area (Å²) < 4.78 is 0. The fourth-order valence-electron chi connectivity index (χ4n) is 2.38. The van der Waals surface area contributed by atoms with Gasteiger partial charge in [-0.25, -0.2) is 0 Å². The maximum absolute atomic E-state index is 11.0. The van der Waals surface area contributed by atoms with Gasteiger partial charge < -0.3 is 15.7 Å². The number of aliphatic hydroxyl groups is 1. The SMILES string of the molecule is CC(=O)Nc1cccc(N[C@@H]2CCCC[C@H]2O)c1. The Morgan fingerprint density at radius 1 is 1.28 bits per heavy atom. The summed E-state index contributed by atoms with van der Waals surface area (Å²) in [4.78, 5) is 11.0. The molecule has 98 valence electrons. The lowest BCUT2D eigenvalue weighted by atomic mass is 9.92. The average molecular weight is 248 g/mol. The highest BCUT2D eigenvalue weighted by molar-refractivity contribution is 5.89. The molecule has 2 atom stereocenters. The lowest BCUT2D eigenvalue weighted by molar-refractivity contribution is -0.114. The smallest absolute Gasteiger partial charge is 0.221 e. The Kier molecular flexibility index (Phi) is 4.20. The van der Waals surface area contributed by atoms with Crippen LogP contribution in [-0.2, 0) is 4.79 Å². The zero-order valence-corrected chi connectivity index (χ0v) is 10.6. The summed E-state index contributed by atoms with van der Waals surface area (Å²) in [5.41, 5.74) is 1.71. The van der Waals surface area contributed by atoms with Crippen LogP contribution in [0.5, 0.6) is 0 Å². The largest absolute Gasteiger partial charge is 0.391 e. The third kappa shape index (κ3) is 3.47. The third-order valence-electron chi connectivity index (χ3n) is 3.26. The molecule has 3 N–H and O–H groups in total. The van der Waals surface area contributed by atoms with Crippen molar-refractivity contribution in [2.75, 3.05) is 10.6 Å². The highest BCUT2D eigenvalue weighted by Gasteiger charge is 2.22. The number of benzene rings is 1. The van der Waals surface area contributed by atoms with E-state index in [-0.39, 0.29) is 18.1 Å². The number of carbonyl (C=O) groups is 1. The molecular weight excluding hydrogens is 228 g/mol. The summed E-state index contributed by atoms with van der Waals surface area (Å²) >= 11 is 0. The lowest BCUT2D eigenvalue weighted by Gasteiger charge is -2.29. The Balaban J connectivity index is 2.02. The summed E-state index contributed by atoms with van der Waals surface area (Å²) in [7, 11) is 0. The Bertz CT molecular complexity index is 420. The Hall–Kier alpha value is -1.55. The first-order chi connectivity index (χ1) is 8.65. The van der Waals surface area contributed by atoms with Crippen LogP contribution in [0.1, 0.15) is 32.6 Å². The first-order valence-corrected chi connectivity index (χ1v) is 6.47. The number of anilines is 2. The van der Waals surface area contributed by atoms with E-state index in [1.165, 1.54) is 6.92 Å². The summed E-state index contributed by atoms with van der Waals surface area (Å²) in [5.74, 6) is -0.0788. The van der Waals surface area contributed by atoms with Gasteiger partial charge in [0.1, 0.15) is 0 Å². The van der Waals surface area contributed by atoms with Gasteiger partial charge in [0.25, 0.3) is 0 Å². The molecule has 1 aliphatic rings. The van der Waals surface area contributed by atoms with Crippen LogP contribution in [0.25, 0.3) is 0 Å². The van der Waals surface area contributed by atoms with Crippen molar-refractivity contribution in [3.63, 3.8) is 0 Å². The van der Waals surface area contributed by atoms with E-state index in [4.69, 9.17) is 0 Å². The predicted octanol–water partition coefficient (Wildman–Crippen LogP) is 2.36. The third-order valence-corrected chi connectivity index (χ3v) is 3.26. The Morgan fingerprint density at radius 3 is 2.72 bits per heavy atom. The van der Waals surface area contributed by atoms with Crippen LogP contribution in [0.2, 0.25) is 0 Å². The van der Waals surface area contributed by atoms with E-state index in [2.05, 4.69) is 10.6 Å². The molecule has 1 amide bonds. The van der Waals surface area contributed by atoms with Gasteiger partial charge >= 0.3 is 0 Å². The molecule has 0 aromatic heterocycles. The molecule has 0 spiro atoms. The minimum Gasteiger partial charge on any atom is -0.391 e. The van der Waals surface area contributed by atoms with Crippen LogP contribution in [0.15, 0.2) is 24.3 Å². The molecule has 0 bridgehead atoms. The van der Waals surface area contributed by atoms with Gasteiger partial charge in [0, 0.05) is 18.3 Å². The van der Waals surface area contributed by atoms with Gasteiger partial charge in [-0.3, -0.25) is 4.79 Å². The van der Waals surface area contributed by atoms with Crippen LogP contribution >= 0.6 is 0 Å². The number of aliphatic hydroxyl groups excluding tert-OH is 1. The second-order valence-electron chi connectivity index (χ2n) is 4.86. The van der Waals surface area contributed by atoms with Crippen LogP contribution in [0, 0.1) is 0 Å². The van der Waals surface area contributed by atoms with Crippen molar-refractivity contribution >= 4 is 17.3 Å². The van der Waals surface area contributed by atoms with E-state index in [1.807, 2.05) is 24.3 Å². The second-order valence-corrected chi connectivity index (χ2v) is 4.86. The fraction of sp³-hybridized carbons (Fsp3) is 0.500. The van der Waals surface area contributed by atoms with E-state index in [1.54, 1.807) is 0 Å². The van der Waals surface area contributed by atoms with E-state index < -0.39 is 0 Å². The molecule has 1 aromatic rings. The minimum absolute atomic E-state index is 0.0788. The Labute approximate surface area is 107 Å². The molecule has 2 rings (SSSR count). The van der Waals surface area contributed by atoms with Crippen molar-refractivity contribution in [2.24, 2.45) is 0 Å². The molecule has 4 nitrogen and oxygen atoms in total. The van der Waals surface area contributed by atoms with E-state index in [9.17, 15) is 9.90 Å². The monoisotopic (exact) mass is 248 g/mol. The summed E-state index contributed by atoms with van der Waals surface area (Å²) in [6.45, 7) is 1.49. The van der Waals surface area contributed by atoms with Crippen molar-refractivity contribution in [1.29, 1.82) is 0 Å². The molecule has 0 radical (unpaired) electrons. The van der Waals surface area contributed by atoms with E-state index >= 15 is 0 Å². The van der Waals surface area contributed by atoms with Crippen molar-refractivity contribution in [3.05, 3.63) is 24.3 Å². The molecule has 0 unspecified atom stereocenters. The molecule has 0 saturated heterocycles. The topological polar surface area (TPSA) is 61.4 Å². The number of carbonyl (C=O) groups excluding carboxylic acids is 1. The number of hydrogen-bond acceptors (Lipinski definition) is 3. The van der Waals surface area contributed by atoms with Crippen LogP contribution in [0.3, 0.4) is 0 Å². The maximum atomic E-state index is 11.0. The van der Waals surface area contributed by atoms with Gasteiger partial charge in [-0.2, -0.15) is 0 Å². The predicted molar refractivity (Wildman–Crippen MR) is 72.6 cm³/mol. The maximum Gasteiger partial charge on any atom is 0.221 e. The number of amides is 1. The molecule has 1 fully saturated rings. The van der Waals surface area contributed by atoms with Gasteiger partial charge in [0.05, 0.1) is 12.1 Å². The average Bonchev–Trinajstić information content (AvgIpc) is 2.32. The van der Waals surface area contributed by atoms with E-state index in [0.717, 1.165) is 37.1 Å². The van der Waals surface area contributed by atoms with Crippen LogP contribution in [0.4, 0.5) is 11.4 Å². The zero-order chi connectivity index (χ0) is 13.0. The van der Waals surface area contributed by atoms with E-state index in [0.29, 0.717) is 0 Å². The molecule has 4 heteroatoms. The minimum atomic E-state index is -0.275. The highest BCUT2D eigenvalue weighted by Crippen LogP contribution is 2.23. The fourth-order valence-corrected chi connectivity index (χ4v) is 2.38. The first kappa shape index (κ1) is 12.9. The summed E-state index contributed by atoms with van der Waals surface area (Å²) in [6, 6.07) is 7.70. The van der Waals surface area contributed by atoms with Crippen LogP contribution in [-0.4, -0.2) is 23.2 Å². The highest BCUT2D eigenvalue weighted by atomic mass is 16.3. The quantitative estimate of drug-likeness (QED) is 0.769. The normalized spacial score (nSPS) is 23.4. The van der Waals surface area contributed by atoms with Crippen molar-refractivity contribution in [2.45, 2.75) is 44.8 Å². The lowest BCUT2D eigenvalue weighted by Crippen LogP contribution is -2.36. The molecular formula is C14H20N2O2. The summed E-state index contributed by atoms with van der Waals surface area (Å²) in [6.07, 6.45) is 3.84. The number of nitrogens with one attached hydrogen (secondary N) is 2. The zero-order valence-electron chi connectivity index (χ0n) is 10.6. The molecule has 0 aliphatic heterocycles. The summed E-state index contributed by atoms with van der Waals surface area (Å²) in [5, 5.41) is 16.0. The molecule has 18 heavy (non-hydrogen) atoms. The second kappa shape index (κ2) is 5.87. The number of hydrogen-bond donors (Lipinski definition) is 3. The van der Waals surface area contributed by atoms with Crippen LogP contribution < -0.4 is 10.6 Å². The molecule has 0 heterocycles. The standard InChI is InChI=1S/C14H20N2O2/c1-10(17)15-11-5-4-6-12(9-11)16-13-7-2-3-8-14(13)18/h4-6,9,13-14,16,18H,2-3,7-8H2,1H3,(H,15,17)/t13-,14-/m1/s1.